The number of carbonyl (C=O) groups is 1. The third-order valence-electron chi connectivity index (χ3n) is 2.68. The molecule has 0 atom stereocenters. The summed E-state index contributed by atoms with van der Waals surface area (Å²) in [6.45, 7) is 0.220. The maximum Gasteiger partial charge on any atom is 0.342 e. The SMILES string of the molecule is COc1c(N)cccc1C(=O)OCc1ccccc1.Cl. The minimum absolute atomic E-state index is 0. The van der Waals surface area contributed by atoms with Crippen LogP contribution in [0.2, 0.25) is 0 Å². The molecule has 0 unspecified atom stereocenters. The molecule has 0 saturated heterocycles. The van der Waals surface area contributed by atoms with E-state index >= 15 is 0 Å². The van der Waals surface area contributed by atoms with Gasteiger partial charge in [0.25, 0.3) is 0 Å². The van der Waals surface area contributed by atoms with Crippen LogP contribution in [0.15, 0.2) is 48.5 Å². The lowest BCUT2D eigenvalue weighted by molar-refractivity contribution is 0.0469. The van der Waals surface area contributed by atoms with Crippen molar-refractivity contribution in [1.82, 2.24) is 0 Å². The van der Waals surface area contributed by atoms with E-state index in [2.05, 4.69) is 0 Å². The number of carbonyl (C=O) groups excluding carboxylic acids is 1. The molecule has 0 heterocycles. The predicted octanol–water partition coefficient (Wildman–Crippen LogP) is 3.06. The van der Waals surface area contributed by atoms with Gasteiger partial charge in [0.15, 0.2) is 5.75 Å². The molecule has 2 aromatic carbocycles. The van der Waals surface area contributed by atoms with Crippen molar-refractivity contribution in [3.8, 4) is 5.75 Å². The van der Waals surface area contributed by atoms with Crippen LogP contribution < -0.4 is 10.5 Å². The van der Waals surface area contributed by atoms with Crippen molar-refractivity contribution >= 4 is 24.1 Å². The Balaban J connectivity index is 0.00000200. The first-order valence-corrected chi connectivity index (χ1v) is 5.86. The Morgan fingerprint density at radius 1 is 1.10 bits per heavy atom. The summed E-state index contributed by atoms with van der Waals surface area (Å²) in [6, 6.07) is 14.5. The number of anilines is 1. The number of para-hydroxylation sites is 1. The molecule has 2 rings (SSSR count). The maximum absolute atomic E-state index is 12.0. The fourth-order valence-electron chi connectivity index (χ4n) is 1.74. The second-order valence-corrected chi connectivity index (χ2v) is 3.99. The highest BCUT2D eigenvalue weighted by Gasteiger charge is 2.15. The van der Waals surface area contributed by atoms with Crippen molar-refractivity contribution in [2.45, 2.75) is 6.61 Å². The van der Waals surface area contributed by atoms with Crippen molar-refractivity contribution in [3.63, 3.8) is 0 Å². The van der Waals surface area contributed by atoms with Gasteiger partial charge in [-0.15, -0.1) is 12.4 Å². The average molecular weight is 294 g/mol. The lowest BCUT2D eigenvalue weighted by Crippen LogP contribution is -2.08. The first-order chi connectivity index (χ1) is 9.22. The van der Waals surface area contributed by atoms with Gasteiger partial charge in [-0.25, -0.2) is 4.79 Å². The van der Waals surface area contributed by atoms with Crippen LogP contribution in [-0.4, -0.2) is 13.1 Å². The van der Waals surface area contributed by atoms with E-state index in [9.17, 15) is 4.79 Å². The molecule has 20 heavy (non-hydrogen) atoms. The molecule has 0 aliphatic heterocycles. The summed E-state index contributed by atoms with van der Waals surface area (Å²) in [6.07, 6.45) is 0. The molecule has 2 aromatic rings. The Hall–Kier alpha value is -2.20. The second kappa shape index (κ2) is 7.40. The number of esters is 1. The van der Waals surface area contributed by atoms with Gasteiger partial charge < -0.3 is 15.2 Å². The van der Waals surface area contributed by atoms with E-state index < -0.39 is 5.97 Å². The summed E-state index contributed by atoms with van der Waals surface area (Å²) in [7, 11) is 1.47. The topological polar surface area (TPSA) is 61.5 Å². The van der Waals surface area contributed by atoms with E-state index in [-0.39, 0.29) is 19.0 Å². The van der Waals surface area contributed by atoms with Gasteiger partial charge in [-0.1, -0.05) is 36.4 Å². The van der Waals surface area contributed by atoms with E-state index in [1.165, 1.54) is 7.11 Å². The zero-order valence-corrected chi connectivity index (χ0v) is 11.9. The maximum atomic E-state index is 12.0. The Kier molecular flexibility index (Phi) is 5.87. The number of hydrogen-bond donors (Lipinski definition) is 1. The number of nitrogen functional groups attached to an aromatic ring is 1. The molecule has 0 aliphatic rings. The average Bonchev–Trinajstić information content (AvgIpc) is 2.45. The second-order valence-electron chi connectivity index (χ2n) is 3.99. The number of methoxy groups -OCH3 is 1. The first-order valence-electron chi connectivity index (χ1n) is 5.86. The number of halogens is 1. The Labute approximate surface area is 123 Å². The summed E-state index contributed by atoms with van der Waals surface area (Å²) in [4.78, 5) is 12.0. The Morgan fingerprint density at radius 2 is 1.80 bits per heavy atom. The van der Waals surface area contributed by atoms with Crippen molar-refractivity contribution in [2.24, 2.45) is 0 Å². The van der Waals surface area contributed by atoms with E-state index in [0.717, 1.165) is 5.56 Å². The third-order valence-corrected chi connectivity index (χ3v) is 2.68. The van der Waals surface area contributed by atoms with Crippen LogP contribution in [0.5, 0.6) is 5.75 Å². The van der Waals surface area contributed by atoms with Gasteiger partial charge in [-0.3, -0.25) is 0 Å². The largest absolute Gasteiger partial charge is 0.494 e. The van der Waals surface area contributed by atoms with Crippen LogP contribution in [0.4, 0.5) is 5.69 Å². The molecule has 4 nitrogen and oxygen atoms in total. The smallest absolute Gasteiger partial charge is 0.342 e. The highest BCUT2D eigenvalue weighted by atomic mass is 35.5. The molecular weight excluding hydrogens is 278 g/mol. The van der Waals surface area contributed by atoms with Crippen LogP contribution in [-0.2, 0) is 11.3 Å². The highest BCUT2D eigenvalue weighted by molar-refractivity contribution is 5.94. The predicted molar refractivity (Wildman–Crippen MR) is 80.2 cm³/mol. The van der Waals surface area contributed by atoms with Crippen LogP contribution >= 0.6 is 12.4 Å². The minimum Gasteiger partial charge on any atom is -0.494 e. The molecule has 0 aliphatic carbocycles. The van der Waals surface area contributed by atoms with Gasteiger partial charge in [-0.2, -0.15) is 0 Å². The quantitative estimate of drug-likeness (QED) is 0.695. The lowest BCUT2D eigenvalue weighted by atomic mass is 10.1. The van der Waals surface area contributed by atoms with E-state index in [1.54, 1.807) is 18.2 Å². The van der Waals surface area contributed by atoms with Crippen molar-refractivity contribution in [3.05, 3.63) is 59.7 Å². The lowest BCUT2D eigenvalue weighted by Gasteiger charge is -2.10. The number of nitrogens with two attached hydrogens (primary N) is 1. The van der Waals surface area contributed by atoms with Crippen LogP contribution in [0, 0.1) is 0 Å². The van der Waals surface area contributed by atoms with Gasteiger partial charge >= 0.3 is 5.97 Å². The number of rotatable bonds is 4. The molecule has 0 bridgehead atoms. The Bertz CT molecular complexity index is 573. The number of hydrogen-bond acceptors (Lipinski definition) is 4. The van der Waals surface area contributed by atoms with Crippen LogP contribution in [0.25, 0.3) is 0 Å². The summed E-state index contributed by atoms with van der Waals surface area (Å²) in [5.41, 5.74) is 7.42. The fourth-order valence-corrected chi connectivity index (χ4v) is 1.74. The highest BCUT2D eigenvalue weighted by Crippen LogP contribution is 2.26. The van der Waals surface area contributed by atoms with E-state index in [4.69, 9.17) is 15.2 Å². The normalized spacial score (nSPS) is 9.45. The summed E-state index contributed by atoms with van der Waals surface area (Å²) >= 11 is 0. The zero-order valence-electron chi connectivity index (χ0n) is 11.0. The molecular formula is C15H16ClNO3. The van der Waals surface area contributed by atoms with Gasteiger partial charge in [0, 0.05) is 0 Å². The van der Waals surface area contributed by atoms with Crippen LogP contribution in [0.3, 0.4) is 0 Å². The van der Waals surface area contributed by atoms with Gasteiger partial charge in [0.2, 0.25) is 0 Å². The van der Waals surface area contributed by atoms with Crippen LogP contribution in [0.1, 0.15) is 15.9 Å². The molecule has 0 amide bonds. The zero-order chi connectivity index (χ0) is 13.7. The van der Waals surface area contributed by atoms with Gasteiger partial charge in [0.1, 0.15) is 12.2 Å². The molecule has 2 N–H and O–H groups in total. The molecule has 106 valence electrons. The van der Waals surface area contributed by atoms with E-state index in [0.29, 0.717) is 17.0 Å². The monoisotopic (exact) mass is 293 g/mol. The van der Waals surface area contributed by atoms with E-state index in [1.807, 2.05) is 30.3 Å². The molecule has 0 fully saturated rings. The Morgan fingerprint density at radius 3 is 2.45 bits per heavy atom. The summed E-state index contributed by atoms with van der Waals surface area (Å²) in [5.74, 6) is -0.103. The number of ether oxygens (including phenoxy) is 2. The third kappa shape index (κ3) is 3.65. The summed E-state index contributed by atoms with van der Waals surface area (Å²) in [5, 5.41) is 0. The molecule has 0 aromatic heterocycles. The molecule has 5 heteroatoms. The first kappa shape index (κ1) is 15.9. The summed E-state index contributed by atoms with van der Waals surface area (Å²) < 4.78 is 10.4. The standard InChI is InChI=1S/C15H15NO3.ClH/c1-18-14-12(8-5-9-13(14)16)15(17)19-10-11-6-3-2-4-7-11;/h2-9H,10,16H2,1H3;1H. The molecule has 0 radical (unpaired) electrons. The molecule has 0 saturated carbocycles. The molecule has 0 spiro atoms. The number of benzene rings is 2. The van der Waals surface area contributed by atoms with Crippen molar-refractivity contribution < 1.29 is 14.3 Å². The van der Waals surface area contributed by atoms with Crippen molar-refractivity contribution in [2.75, 3.05) is 12.8 Å². The fraction of sp³-hybridized carbons (Fsp3) is 0.133. The van der Waals surface area contributed by atoms with Gasteiger partial charge in [-0.05, 0) is 17.7 Å². The van der Waals surface area contributed by atoms with Gasteiger partial charge in [0.05, 0.1) is 12.8 Å². The minimum atomic E-state index is -0.451. The van der Waals surface area contributed by atoms with Crippen molar-refractivity contribution in [1.29, 1.82) is 0 Å².